The van der Waals surface area contributed by atoms with E-state index in [9.17, 15) is 28.3 Å². The van der Waals surface area contributed by atoms with E-state index in [-0.39, 0.29) is 25.0 Å². The summed E-state index contributed by atoms with van der Waals surface area (Å²) in [5.74, 6) is -2.17. The molecule has 9 heteroatoms. The molecule has 2 amide bonds. The third-order valence-corrected chi connectivity index (χ3v) is 7.51. The van der Waals surface area contributed by atoms with Crippen LogP contribution in [0.1, 0.15) is 42.7 Å². The molecule has 7 nitrogen and oxygen atoms in total. The van der Waals surface area contributed by atoms with Gasteiger partial charge in [-0.3, -0.25) is 4.79 Å². The average Bonchev–Trinajstić information content (AvgIpc) is 3.53. The first-order valence-electron chi connectivity index (χ1n) is 11.8. The van der Waals surface area contributed by atoms with E-state index in [1.54, 1.807) is 0 Å². The van der Waals surface area contributed by atoms with Crippen LogP contribution in [0.5, 0.6) is 0 Å². The van der Waals surface area contributed by atoms with Gasteiger partial charge in [0.1, 0.15) is 18.2 Å². The summed E-state index contributed by atoms with van der Waals surface area (Å²) >= 11 is 0. The van der Waals surface area contributed by atoms with Crippen LogP contribution in [0.4, 0.5) is 13.6 Å². The van der Waals surface area contributed by atoms with Gasteiger partial charge in [0.15, 0.2) is 0 Å². The van der Waals surface area contributed by atoms with Crippen molar-refractivity contribution >= 4 is 18.0 Å². The molecule has 0 bridgehead atoms. The number of hydrogen-bond donors (Lipinski definition) is 2. The number of carbonyl (C=O) groups excluding carboxylic acids is 2. The Labute approximate surface area is 201 Å². The first-order valence-corrected chi connectivity index (χ1v) is 11.8. The third-order valence-electron chi connectivity index (χ3n) is 7.51. The molecule has 184 valence electrons. The highest BCUT2D eigenvalue weighted by Gasteiger charge is 2.66. The van der Waals surface area contributed by atoms with Gasteiger partial charge in [0.05, 0.1) is 6.42 Å². The number of nitrogens with zero attached hydrogens (tertiary/aromatic N) is 1. The second-order valence-electron chi connectivity index (χ2n) is 9.43. The first kappa shape index (κ1) is 23.3. The van der Waals surface area contributed by atoms with E-state index in [4.69, 9.17) is 4.74 Å². The van der Waals surface area contributed by atoms with Crippen LogP contribution < -0.4 is 5.32 Å². The van der Waals surface area contributed by atoms with Gasteiger partial charge in [-0.25, -0.2) is 18.4 Å². The largest absolute Gasteiger partial charge is 0.479 e. The molecule has 1 aliphatic heterocycles. The predicted molar refractivity (Wildman–Crippen MR) is 122 cm³/mol. The summed E-state index contributed by atoms with van der Waals surface area (Å²) in [7, 11) is 0. The van der Waals surface area contributed by atoms with E-state index in [2.05, 4.69) is 5.32 Å². The number of hydrogen-bond acceptors (Lipinski definition) is 4. The Balaban J connectivity index is 1.23. The molecule has 1 heterocycles. The Morgan fingerprint density at radius 3 is 2.31 bits per heavy atom. The van der Waals surface area contributed by atoms with Crippen LogP contribution in [-0.4, -0.2) is 59.1 Å². The molecular weight excluding hydrogens is 458 g/mol. The van der Waals surface area contributed by atoms with Gasteiger partial charge in [-0.2, -0.15) is 0 Å². The summed E-state index contributed by atoms with van der Waals surface area (Å²) in [5, 5.41) is 11.8. The number of carbonyl (C=O) groups is 3. The minimum Gasteiger partial charge on any atom is -0.479 e. The average molecular weight is 484 g/mol. The number of benzene rings is 2. The van der Waals surface area contributed by atoms with Crippen LogP contribution in [-0.2, 0) is 14.3 Å². The number of alkyl carbamates (subject to hydrolysis) is 1. The zero-order valence-electron chi connectivity index (χ0n) is 19.0. The maximum atomic E-state index is 13.7. The zero-order valence-corrected chi connectivity index (χ0v) is 19.0. The van der Waals surface area contributed by atoms with Gasteiger partial charge in [-0.15, -0.1) is 0 Å². The molecule has 2 N–H and O–H groups in total. The zero-order chi connectivity index (χ0) is 24.7. The Morgan fingerprint density at radius 2 is 1.71 bits per heavy atom. The van der Waals surface area contributed by atoms with Crippen molar-refractivity contribution in [1.29, 1.82) is 0 Å². The maximum absolute atomic E-state index is 13.7. The normalized spacial score (nSPS) is 23.2. The van der Waals surface area contributed by atoms with Crippen LogP contribution in [0.3, 0.4) is 0 Å². The smallest absolute Gasteiger partial charge is 0.407 e. The number of carboxylic acids is 1. The van der Waals surface area contributed by atoms with Crippen LogP contribution in [0, 0.1) is 5.92 Å². The topological polar surface area (TPSA) is 95.9 Å². The molecule has 0 radical (unpaired) electrons. The van der Waals surface area contributed by atoms with Crippen molar-refractivity contribution in [2.45, 2.75) is 49.6 Å². The lowest BCUT2D eigenvalue weighted by Crippen LogP contribution is -2.53. The standard InChI is InChI=1S/C26H26F2N2O5/c27-23(28)21(12-22(31)30-11-5-6-15-13-26(15,30)24(32)33)29-25(34)35-14-20-18-9-3-1-7-16(18)17-8-2-4-10-19(17)20/h1-4,7-10,15,20-21,23H,5-6,11-14H2,(H,29,34)(H,32,33). The number of amides is 2. The number of halogens is 2. The number of ether oxygens (including phenoxy) is 1. The highest BCUT2D eigenvalue weighted by molar-refractivity contribution is 5.91. The lowest BCUT2D eigenvalue weighted by molar-refractivity contribution is -0.155. The summed E-state index contributed by atoms with van der Waals surface area (Å²) in [6.45, 7) is 0.169. The van der Waals surface area contributed by atoms with Crippen LogP contribution in [0.2, 0.25) is 0 Å². The van der Waals surface area contributed by atoms with Crippen molar-refractivity contribution in [2.24, 2.45) is 5.92 Å². The molecule has 0 aromatic heterocycles. The number of aliphatic carboxylic acids is 1. The Hall–Kier alpha value is -3.49. The molecule has 2 fully saturated rings. The highest BCUT2D eigenvalue weighted by Crippen LogP contribution is 2.54. The molecular formula is C26H26F2N2O5. The third kappa shape index (κ3) is 4.02. The molecule has 2 aromatic carbocycles. The quantitative estimate of drug-likeness (QED) is 0.619. The Morgan fingerprint density at radius 1 is 1.09 bits per heavy atom. The Bertz CT molecular complexity index is 1130. The lowest BCUT2D eigenvalue weighted by Gasteiger charge is -2.34. The van der Waals surface area contributed by atoms with Crippen molar-refractivity contribution in [3.05, 3.63) is 59.7 Å². The molecule has 35 heavy (non-hydrogen) atoms. The fraction of sp³-hybridized carbons (Fsp3) is 0.423. The molecule has 2 aromatic rings. The van der Waals surface area contributed by atoms with Crippen molar-refractivity contribution < 1.29 is 33.0 Å². The number of piperidine rings is 1. The minimum absolute atomic E-state index is 0.0420. The second-order valence-corrected chi connectivity index (χ2v) is 9.43. The number of rotatable bonds is 7. The number of alkyl halides is 2. The molecule has 3 aliphatic rings. The van der Waals surface area contributed by atoms with E-state index in [1.165, 1.54) is 4.90 Å². The number of nitrogens with one attached hydrogen (secondary N) is 1. The fourth-order valence-electron chi connectivity index (χ4n) is 5.70. The van der Waals surface area contributed by atoms with Crippen LogP contribution in [0.15, 0.2) is 48.5 Å². The van der Waals surface area contributed by atoms with Crippen molar-refractivity contribution in [3.63, 3.8) is 0 Å². The van der Waals surface area contributed by atoms with E-state index in [1.807, 2.05) is 48.5 Å². The van der Waals surface area contributed by atoms with Crippen LogP contribution in [0.25, 0.3) is 11.1 Å². The summed E-state index contributed by atoms with van der Waals surface area (Å²) in [6.07, 6.45) is -3.07. The fourth-order valence-corrected chi connectivity index (χ4v) is 5.70. The highest BCUT2D eigenvalue weighted by atomic mass is 19.3. The molecule has 3 atom stereocenters. The first-order chi connectivity index (χ1) is 16.8. The second kappa shape index (κ2) is 8.94. The van der Waals surface area contributed by atoms with Gasteiger partial charge < -0.3 is 20.1 Å². The van der Waals surface area contributed by atoms with E-state index in [0.29, 0.717) is 19.3 Å². The van der Waals surface area contributed by atoms with Crippen LogP contribution >= 0.6 is 0 Å². The van der Waals surface area contributed by atoms with Gasteiger partial charge >= 0.3 is 12.1 Å². The van der Waals surface area contributed by atoms with E-state index < -0.39 is 42.4 Å². The SMILES string of the molecule is O=C(NC(CC(=O)N1CCCC2CC21C(=O)O)C(F)F)OCC1c2ccccc2-c2ccccc21. The minimum atomic E-state index is -3.01. The maximum Gasteiger partial charge on any atom is 0.407 e. The van der Waals surface area contributed by atoms with Gasteiger partial charge in [-0.1, -0.05) is 48.5 Å². The molecule has 2 aliphatic carbocycles. The monoisotopic (exact) mass is 484 g/mol. The van der Waals surface area contributed by atoms with Crippen molar-refractivity contribution in [1.82, 2.24) is 10.2 Å². The van der Waals surface area contributed by atoms with Crippen molar-refractivity contribution in [2.75, 3.05) is 13.2 Å². The molecule has 1 saturated carbocycles. The van der Waals surface area contributed by atoms with Crippen molar-refractivity contribution in [3.8, 4) is 11.1 Å². The predicted octanol–water partition coefficient (Wildman–Crippen LogP) is 4.01. The summed E-state index contributed by atoms with van der Waals surface area (Å²) in [4.78, 5) is 38.3. The van der Waals surface area contributed by atoms with E-state index >= 15 is 0 Å². The summed E-state index contributed by atoms with van der Waals surface area (Å²) < 4.78 is 32.8. The van der Waals surface area contributed by atoms with Gasteiger partial charge in [-0.05, 0) is 47.4 Å². The van der Waals surface area contributed by atoms with Gasteiger partial charge in [0, 0.05) is 12.5 Å². The molecule has 5 rings (SSSR count). The number of fused-ring (bicyclic) bond motifs is 4. The lowest BCUT2D eigenvalue weighted by atomic mass is 9.98. The van der Waals surface area contributed by atoms with Gasteiger partial charge in [0.25, 0.3) is 6.43 Å². The number of carboxylic acid groups (broad SMARTS) is 1. The molecule has 3 unspecified atom stereocenters. The van der Waals surface area contributed by atoms with E-state index in [0.717, 1.165) is 22.3 Å². The number of likely N-dealkylation sites (tertiary alicyclic amines) is 1. The van der Waals surface area contributed by atoms with Gasteiger partial charge in [0.2, 0.25) is 5.91 Å². The molecule has 1 saturated heterocycles. The summed E-state index contributed by atoms with van der Waals surface area (Å²) in [5.41, 5.74) is 2.78. The molecule has 0 spiro atoms. The Kier molecular flexibility index (Phi) is 5.94. The summed E-state index contributed by atoms with van der Waals surface area (Å²) in [6, 6.07) is 13.7.